The number of morpholine rings is 1. The molecule has 0 saturated carbocycles. The summed E-state index contributed by atoms with van der Waals surface area (Å²) in [5.74, 6) is -0.609. The largest absolute Gasteiger partial charge is 0.379 e. The fourth-order valence-electron chi connectivity index (χ4n) is 2.83. The Morgan fingerprint density at radius 1 is 1.03 bits per heavy atom. The van der Waals surface area contributed by atoms with E-state index in [9.17, 15) is 18.0 Å². The average molecular weight is 542 g/mol. The van der Waals surface area contributed by atoms with Crippen LogP contribution in [0.2, 0.25) is 0 Å². The molecule has 1 aliphatic rings. The fraction of sp³-hybridized carbons (Fsp3) is 0.333. The third-order valence-corrected chi connectivity index (χ3v) is 9.09. The van der Waals surface area contributed by atoms with Gasteiger partial charge in [-0.25, -0.2) is 8.42 Å². The predicted octanol–water partition coefficient (Wildman–Crippen LogP) is 1.70. The topological polar surface area (TPSA) is 156 Å². The molecular weight excluding hydrogens is 523 g/mol. The molecule has 3 heterocycles. The first-order chi connectivity index (χ1) is 16.3. The minimum absolute atomic E-state index is 0.0975. The number of nitrogens with one attached hydrogen (secondary N) is 2. The van der Waals surface area contributed by atoms with Gasteiger partial charge in [-0.15, -0.1) is 20.4 Å². The van der Waals surface area contributed by atoms with Crippen LogP contribution in [0.5, 0.6) is 0 Å². The molecular formula is C18H19N7O5S4. The minimum atomic E-state index is -3.63. The van der Waals surface area contributed by atoms with Gasteiger partial charge in [0.05, 0.1) is 23.9 Å². The molecule has 34 heavy (non-hydrogen) atoms. The molecule has 16 heteroatoms. The molecule has 3 aromatic rings. The zero-order valence-electron chi connectivity index (χ0n) is 17.8. The Labute approximate surface area is 207 Å². The minimum Gasteiger partial charge on any atom is -0.379 e. The van der Waals surface area contributed by atoms with Gasteiger partial charge in [0.1, 0.15) is 5.01 Å². The quantitative estimate of drug-likeness (QED) is 0.318. The predicted molar refractivity (Wildman–Crippen MR) is 128 cm³/mol. The van der Waals surface area contributed by atoms with Gasteiger partial charge in [-0.2, -0.15) is 4.31 Å². The number of aromatic nitrogens is 4. The molecule has 1 fully saturated rings. The molecule has 0 atom stereocenters. The van der Waals surface area contributed by atoms with Crippen molar-refractivity contribution in [2.24, 2.45) is 0 Å². The van der Waals surface area contributed by atoms with Crippen molar-refractivity contribution in [3.8, 4) is 0 Å². The van der Waals surface area contributed by atoms with Crippen LogP contribution in [0.1, 0.15) is 15.4 Å². The molecule has 1 saturated heterocycles. The summed E-state index contributed by atoms with van der Waals surface area (Å²) in [6, 6.07) is 5.69. The Bertz CT molecular complexity index is 1270. The first kappa shape index (κ1) is 24.6. The number of benzene rings is 1. The van der Waals surface area contributed by atoms with Crippen LogP contribution in [-0.2, 0) is 19.6 Å². The number of hydrogen-bond donors (Lipinski definition) is 2. The molecule has 2 amide bonds. The number of ether oxygens (including phenoxy) is 1. The van der Waals surface area contributed by atoms with Gasteiger partial charge in [0.25, 0.3) is 5.91 Å². The zero-order valence-corrected chi connectivity index (χ0v) is 21.0. The van der Waals surface area contributed by atoms with Crippen molar-refractivity contribution in [2.75, 3.05) is 42.7 Å². The number of rotatable bonds is 8. The Kier molecular flexibility index (Phi) is 7.84. The number of hydrogen-bond acceptors (Lipinski definition) is 12. The van der Waals surface area contributed by atoms with Crippen LogP contribution < -0.4 is 10.6 Å². The molecule has 1 aromatic carbocycles. The normalized spacial score (nSPS) is 14.6. The van der Waals surface area contributed by atoms with Crippen LogP contribution in [-0.4, -0.2) is 77.0 Å². The van der Waals surface area contributed by atoms with E-state index in [-0.39, 0.29) is 27.3 Å². The lowest BCUT2D eigenvalue weighted by Gasteiger charge is -2.26. The van der Waals surface area contributed by atoms with Crippen LogP contribution in [0.3, 0.4) is 0 Å². The molecule has 180 valence electrons. The summed E-state index contributed by atoms with van der Waals surface area (Å²) < 4.78 is 32.4. The SMILES string of the molecule is Cc1nnc(NC(=O)CSc2nnc(NC(=O)c3ccc(S(=O)(=O)N4CCOCC4)cc3)s2)s1. The summed E-state index contributed by atoms with van der Waals surface area (Å²) in [6.07, 6.45) is 0. The van der Waals surface area contributed by atoms with Crippen molar-refractivity contribution < 1.29 is 22.7 Å². The van der Waals surface area contributed by atoms with Gasteiger partial charge in [-0.1, -0.05) is 34.4 Å². The van der Waals surface area contributed by atoms with E-state index in [1.165, 1.54) is 51.7 Å². The first-order valence-corrected chi connectivity index (χ1v) is 13.9. The van der Waals surface area contributed by atoms with Crippen molar-refractivity contribution >= 4 is 66.5 Å². The maximum atomic E-state index is 12.7. The van der Waals surface area contributed by atoms with Crippen molar-refractivity contribution in [1.82, 2.24) is 24.7 Å². The number of aryl methyl sites for hydroxylation is 1. The second-order valence-electron chi connectivity index (χ2n) is 6.83. The number of nitrogens with zero attached hydrogens (tertiary/aromatic N) is 5. The highest BCUT2D eigenvalue weighted by Crippen LogP contribution is 2.26. The lowest BCUT2D eigenvalue weighted by Crippen LogP contribution is -2.40. The standard InChI is InChI=1S/C18H19N7O5S4/c1-11-21-22-16(32-11)19-14(26)10-31-18-24-23-17(33-18)20-15(27)12-2-4-13(5-3-12)34(28,29)25-6-8-30-9-7-25/h2-5H,6-10H2,1H3,(H,19,22,26)(H,20,23,27). The first-order valence-electron chi connectivity index (χ1n) is 9.87. The van der Waals surface area contributed by atoms with Crippen molar-refractivity contribution in [3.63, 3.8) is 0 Å². The molecule has 1 aliphatic heterocycles. The van der Waals surface area contributed by atoms with Crippen LogP contribution in [0.4, 0.5) is 10.3 Å². The number of carbonyl (C=O) groups is 2. The molecule has 0 unspecified atom stereocenters. The molecule has 0 radical (unpaired) electrons. The van der Waals surface area contributed by atoms with E-state index >= 15 is 0 Å². The average Bonchev–Trinajstić information content (AvgIpc) is 3.46. The smallest absolute Gasteiger partial charge is 0.257 e. The molecule has 4 rings (SSSR count). The van der Waals surface area contributed by atoms with E-state index in [1.54, 1.807) is 6.92 Å². The van der Waals surface area contributed by atoms with Crippen LogP contribution in [0.15, 0.2) is 33.5 Å². The van der Waals surface area contributed by atoms with E-state index in [0.717, 1.165) is 16.3 Å². The van der Waals surface area contributed by atoms with Gasteiger partial charge < -0.3 is 4.74 Å². The molecule has 2 aromatic heterocycles. The van der Waals surface area contributed by atoms with E-state index in [1.807, 2.05) is 0 Å². The van der Waals surface area contributed by atoms with Crippen molar-refractivity contribution in [2.45, 2.75) is 16.2 Å². The van der Waals surface area contributed by atoms with E-state index in [4.69, 9.17) is 4.74 Å². The summed E-state index contributed by atoms with van der Waals surface area (Å²) >= 11 is 3.58. The molecule has 0 bridgehead atoms. The Morgan fingerprint density at radius 2 is 1.71 bits per heavy atom. The molecule has 2 N–H and O–H groups in total. The van der Waals surface area contributed by atoms with Gasteiger partial charge in [0, 0.05) is 18.7 Å². The van der Waals surface area contributed by atoms with E-state index < -0.39 is 15.9 Å². The summed E-state index contributed by atoms with van der Waals surface area (Å²) in [5.41, 5.74) is 0.275. The molecule has 12 nitrogen and oxygen atoms in total. The third-order valence-electron chi connectivity index (χ3n) is 4.45. The number of thioether (sulfide) groups is 1. The fourth-order valence-corrected chi connectivity index (χ4v) is 6.39. The van der Waals surface area contributed by atoms with Crippen LogP contribution >= 0.6 is 34.4 Å². The van der Waals surface area contributed by atoms with E-state index in [2.05, 4.69) is 31.0 Å². The Morgan fingerprint density at radius 3 is 2.38 bits per heavy atom. The molecule has 0 spiro atoms. The Hall–Kier alpha value is -2.50. The number of carbonyl (C=O) groups excluding carboxylic acids is 2. The maximum Gasteiger partial charge on any atom is 0.257 e. The van der Waals surface area contributed by atoms with Gasteiger partial charge in [0.2, 0.25) is 26.2 Å². The van der Waals surface area contributed by atoms with Gasteiger partial charge in [-0.3, -0.25) is 20.2 Å². The Balaban J connectivity index is 1.30. The van der Waals surface area contributed by atoms with E-state index in [0.29, 0.717) is 35.8 Å². The highest BCUT2D eigenvalue weighted by atomic mass is 32.2. The highest BCUT2D eigenvalue weighted by Gasteiger charge is 2.26. The number of sulfonamides is 1. The summed E-state index contributed by atoms with van der Waals surface area (Å²) in [4.78, 5) is 24.6. The molecule has 0 aliphatic carbocycles. The highest BCUT2D eigenvalue weighted by molar-refractivity contribution is 8.01. The van der Waals surface area contributed by atoms with Crippen LogP contribution in [0, 0.1) is 6.92 Å². The van der Waals surface area contributed by atoms with Crippen LogP contribution in [0.25, 0.3) is 0 Å². The lowest BCUT2D eigenvalue weighted by molar-refractivity contribution is -0.113. The van der Waals surface area contributed by atoms with Crippen molar-refractivity contribution in [1.29, 1.82) is 0 Å². The van der Waals surface area contributed by atoms with Gasteiger partial charge in [-0.05, 0) is 31.2 Å². The van der Waals surface area contributed by atoms with Crippen molar-refractivity contribution in [3.05, 3.63) is 34.8 Å². The summed E-state index contributed by atoms with van der Waals surface area (Å²) in [6.45, 7) is 3.10. The number of amides is 2. The summed E-state index contributed by atoms with van der Waals surface area (Å²) in [7, 11) is -3.63. The second kappa shape index (κ2) is 10.8. The lowest BCUT2D eigenvalue weighted by atomic mass is 10.2. The maximum absolute atomic E-state index is 12.7. The summed E-state index contributed by atoms with van der Waals surface area (Å²) in [5, 5.41) is 22.3. The zero-order chi connectivity index (χ0) is 24.1. The van der Waals surface area contributed by atoms with Gasteiger partial charge in [0.15, 0.2) is 4.34 Å². The monoisotopic (exact) mass is 541 g/mol. The number of anilines is 2. The second-order valence-corrected chi connectivity index (χ2v) is 12.2. The van der Waals surface area contributed by atoms with Gasteiger partial charge >= 0.3 is 0 Å². The third kappa shape index (κ3) is 6.13.